The molecule has 3 N–H and O–H groups in total. The molecule has 0 saturated carbocycles. The highest BCUT2D eigenvalue weighted by atomic mass is 127. The predicted molar refractivity (Wildman–Crippen MR) is 122 cm³/mol. The van der Waals surface area contributed by atoms with E-state index in [2.05, 4.69) is 20.9 Å². The molecule has 0 aliphatic rings. The molecule has 0 spiro atoms. The molecule has 1 aromatic carbocycles. The maximum atomic E-state index is 11.8. The summed E-state index contributed by atoms with van der Waals surface area (Å²) in [5.41, 5.74) is 1.10. The first-order valence-electron chi connectivity index (χ1n) is 9.16. The number of carbonyl (C=O) groups is 1. The quantitative estimate of drug-likeness (QED) is 0.213. The monoisotopic (exact) mass is 500 g/mol. The number of hydrogen-bond donors (Lipinski definition) is 3. The Morgan fingerprint density at radius 3 is 2.57 bits per heavy atom. The van der Waals surface area contributed by atoms with Gasteiger partial charge in [-0.2, -0.15) is 0 Å². The van der Waals surface area contributed by atoms with Gasteiger partial charge in [0.05, 0.1) is 12.8 Å². The van der Waals surface area contributed by atoms with E-state index in [1.807, 2.05) is 45.0 Å². The molecule has 0 radical (unpaired) electrons. The summed E-state index contributed by atoms with van der Waals surface area (Å²) in [5.74, 6) is 1.63. The van der Waals surface area contributed by atoms with Crippen LogP contribution in [0, 0.1) is 6.92 Å². The van der Waals surface area contributed by atoms with Crippen LogP contribution in [0.2, 0.25) is 0 Å². The van der Waals surface area contributed by atoms with Crippen LogP contribution in [0.4, 0.5) is 0 Å². The van der Waals surface area contributed by atoms with Crippen molar-refractivity contribution in [2.24, 2.45) is 4.99 Å². The molecule has 2 aromatic rings. The van der Waals surface area contributed by atoms with Crippen molar-refractivity contribution < 1.29 is 13.9 Å². The largest absolute Gasteiger partial charge is 0.489 e. The van der Waals surface area contributed by atoms with E-state index < -0.39 is 0 Å². The lowest BCUT2D eigenvalue weighted by atomic mass is 10.2. The summed E-state index contributed by atoms with van der Waals surface area (Å²) in [4.78, 5) is 16.3. The number of hydrogen-bond acceptors (Lipinski definition) is 4. The number of nitrogens with one attached hydrogen (secondary N) is 3. The number of aryl methyl sites for hydroxylation is 1. The Morgan fingerprint density at radius 2 is 1.89 bits per heavy atom. The van der Waals surface area contributed by atoms with Gasteiger partial charge in [0.25, 0.3) is 5.91 Å². The SMILES string of the molecule is CCNC(=NCC(C)Oc1ccccc1C)NCCNC(=O)c1ccco1.I. The maximum absolute atomic E-state index is 11.8. The minimum Gasteiger partial charge on any atom is -0.489 e. The molecule has 2 rings (SSSR count). The van der Waals surface area contributed by atoms with Crippen LogP contribution in [-0.4, -0.2) is 44.1 Å². The lowest BCUT2D eigenvalue weighted by Gasteiger charge is -2.16. The van der Waals surface area contributed by atoms with E-state index in [1.54, 1.807) is 12.1 Å². The third-order valence-electron chi connectivity index (χ3n) is 3.72. The molecular weight excluding hydrogens is 471 g/mol. The molecule has 1 atom stereocenters. The van der Waals surface area contributed by atoms with Gasteiger partial charge in [-0.3, -0.25) is 4.79 Å². The van der Waals surface area contributed by atoms with E-state index in [4.69, 9.17) is 9.15 Å². The number of furan rings is 1. The van der Waals surface area contributed by atoms with Crippen LogP contribution in [0.15, 0.2) is 52.1 Å². The molecule has 0 aliphatic heterocycles. The highest BCUT2D eigenvalue weighted by Crippen LogP contribution is 2.17. The molecule has 0 aliphatic carbocycles. The van der Waals surface area contributed by atoms with E-state index in [0.29, 0.717) is 31.4 Å². The Kier molecular flexibility index (Phi) is 11.1. The van der Waals surface area contributed by atoms with Gasteiger partial charge in [-0.25, -0.2) is 4.99 Å². The van der Waals surface area contributed by atoms with Crippen molar-refractivity contribution in [1.82, 2.24) is 16.0 Å². The van der Waals surface area contributed by atoms with Gasteiger partial charge in [-0.15, -0.1) is 24.0 Å². The van der Waals surface area contributed by atoms with Crippen molar-refractivity contribution in [3.63, 3.8) is 0 Å². The van der Waals surface area contributed by atoms with Gasteiger partial charge in [-0.05, 0) is 44.5 Å². The fraction of sp³-hybridized carbons (Fsp3) is 0.400. The van der Waals surface area contributed by atoms with Gasteiger partial charge in [0.15, 0.2) is 11.7 Å². The van der Waals surface area contributed by atoms with Crippen LogP contribution in [0.5, 0.6) is 5.75 Å². The van der Waals surface area contributed by atoms with Gasteiger partial charge in [0, 0.05) is 19.6 Å². The number of rotatable bonds is 9. The Hall–Kier alpha value is -2.23. The zero-order valence-corrected chi connectivity index (χ0v) is 18.9. The van der Waals surface area contributed by atoms with Crippen LogP contribution < -0.4 is 20.7 Å². The minimum absolute atomic E-state index is 0. The average Bonchev–Trinajstić information content (AvgIpc) is 3.19. The maximum Gasteiger partial charge on any atom is 0.287 e. The zero-order valence-electron chi connectivity index (χ0n) is 16.5. The number of carbonyl (C=O) groups excluding carboxylic acids is 1. The molecular formula is C20H29IN4O3. The highest BCUT2D eigenvalue weighted by Gasteiger charge is 2.08. The topological polar surface area (TPSA) is 87.9 Å². The molecule has 0 saturated heterocycles. The Labute approximate surface area is 183 Å². The minimum atomic E-state index is -0.232. The summed E-state index contributed by atoms with van der Waals surface area (Å²) in [7, 11) is 0. The number of para-hydroxylation sites is 1. The summed E-state index contributed by atoms with van der Waals surface area (Å²) < 4.78 is 11.0. The van der Waals surface area contributed by atoms with E-state index in [-0.39, 0.29) is 36.0 Å². The van der Waals surface area contributed by atoms with Gasteiger partial charge in [-0.1, -0.05) is 18.2 Å². The van der Waals surface area contributed by atoms with Crippen molar-refractivity contribution in [2.75, 3.05) is 26.2 Å². The highest BCUT2D eigenvalue weighted by molar-refractivity contribution is 14.0. The first-order chi connectivity index (χ1) is 13.1. The third kappa shape index (κ3) is 8.20. The summed E-state index contributed by atoms with van der Waals surface area (Å²) in [6.45, 7) is 8.28. The Balaban J connectivity index is 0.00000392. The van der Waals surface area contributed by atoms with Crippen LogP contribution in [0.1, 0.15) is 30.0 Å². The van der Waals surface area contributed by atoms with E-state index in [1.165, 1.54) is 6.26 Å². The second-order valence-electron chi connectivity index (χ2n) is 6.07. The second kappa shape index (κ2) is 13.0. The Morgan fingerprint density at radius 1 is 1.14 bits per heavy atom. The molecule has 1 aromatic heterocycles. The first-order valence-corrected chi connectivity index (χ1v) is 9.16. The number of benzene rings is 1. The molecule has 1 amide bonds. The summed E-state index contributed by atoms with van der Waals surface area (Å²) >= 11 is 0. The van der Waals surface area contributed by atoms with Crippen molar-refractivity contribution >= 4 is 35.8 Å². The number of ether oxygens (including phenoxy) is 1. The van der Waals surface area contributed by atoms with Crippen molar-refractivity contribution in [2.45, 2.75) is 26.9 Å². The Bertz CT molecular complexity index is 735. The van der Waals surface area contributed by atoms with Crippen LogP contribution in [0.3, 0.4) is 0 Å². The van der Waals surface area contributed by atoms with E-state index in [0.717, 1.165) is 17.9 Å². The molecule has 28 heavy (non-hydrogen) atoms. The second-order valence-corrected chi connectivity index (χ2v) is 6.07. The molecule has 154 valence electrons. The number of halogens is 1. The van der Waals surface area contributed by atoms with Crippen molar-refractivity contribution in [1.29, 1.82) is 0 Å². The summed E-state index contributed by atoms with van der Waals surface area (Å²) in [6.07, 6.45) is 1.42. The normalized spacial score (nSPS) is 11.9. The molecule has 0 fully saturated rings. The lowest BCUT2D eigenvalue weighted by Crippen LogP contribution is -2.42. The van der Waals surface area contributed by atoms with Crippen molar-refractivity contribution in [3.8, 4) is 5.75 Å². The van der Waals surface area contributed by atoms with Crippen LogP contribution >= 0.6 is 24.0 Å². The molecule has 0 bridgehead atoms. The number of amides is 1. The zero-order chi connectivity index (χ0) is 19.5. The number of guanidine groups is 1. The van der Waals surface area contributed by atoms with E-state index in [9.17, 15) is 4.79 Å². The van der Waals surface area contributed by atoms with Crippen LogP contribution in [0.25, 0.3) is 0 Å². The molecule has 8 heteroatoms. The van der Waals surface area contributed by atoms with Gasteiger partial charge >= 0.3 is 0 Å². The number of aliphatic imine (C=N–C) groups is 1. The fourth-order valence-electron chi connectivity index (χ4n) is 2.36. The van der Waals surface area contributed by atoms with Crippen molar-refractivity contribution in [3.05, 3.63) is 54.0 Å². The summed E-state index contributed by atoms with van der Waals surface area (Å²) in [6, 6.07) is 11.2. The smallest absolute Gasteiger partial charge is 0.287 e. The number of nitrogens with zero attached hydrogens (tertiary/aromatic N) is 1. The predicted octanol–water partition coefficient (Wildman–Crippen LogP) is 2.96. The first kappa shape index (κ1) is 23.8. The molecule has 7 nitrogen and oxygen atoms in total. The standard InChI is InChI=1S/C20H28N4O3.HI/c1-4-21-20(23-12-11-22-19(25)18-10-7-13-26-18)24-14-16(3)27-17-9-6-5-8-15(17)2;/h5-10,13,16H,4,11-12,14H2,1-3H3,(H,22,25)(H2,21,23,24);1H. The molecule has 1 heterocycles. The van der Waals surface area contributed by atoms with Gasteiger partial charge < -0.3 is 25.1 Å². The summed E-state index contributed by atoms with van der Waals surface area (Å²) in [5, 5.41) is 9.15. The van der Waals surface area contributed by atoms with Gasteiger partial charge in [0.2, 0.25) is 0 Å². The average molecular weight is 500 g/mol. The van der Waals surface area contributed by atoms with Gasteiger partial charge in [0.1, 0.15) is 11.9 Å². The molecule has 1 unspecified atom stereocenters. The van der Waals surface area contributed by atoms with Crippen LogP contribution in [-0.2, 0) is 0 Å². The van der Waals surface area contributed by atoms with E-state index >= 15 is 0 Å². The lowest BCUT2D eigenvalue weighted by molar-refractivity contribution is 0.0926. The third-order valence-corrected chi connectivity index (χ3v) is 3.72. The fourth-order valence-corrected chi connectivity index (χ4v) is 2.36.